The van der Waals surface area contributed by atoms with Crippen molar-refractivity contribution in [2.75, 3.05) is 19.0 Å². The highest BCUT2D eigenvalue weighted by molar-refractivity contribution is 6.04. The summed E-state index contributed by atoms with van der Waals surface area (Å²) in [6.45, 7) is 1.55. The summed E-state index contributed by atoms with van der Waals surface area (Å²) in [5.41, 5.74) is 3.33. The molecule has 4 nitrogen and oxygen atoms in total. The average molecular weight is 350 g/mol. The minimum absolute atomic E-state index is 0.202. The number of hydrogen-bond donors (Lipinski definition) is 1. The molecule has 1 aromatic heterocycles. The first kappa shape index (κ1) is 17.6. The van der Waals surface area contributed by atoms with Gasteiger partial charge in [-0.25, -0.2) is 14.2 Å². The number of halogens is 1. The number of para-hydroxylation sites is 1. The lowest BCUT2D eigenvalue weighted by atomic mass is 9.94. The van der Waals surface area contributed by atoms with Gasteiger partial charge in [-0.15, -0.1) is 0 Å². The average Bonchev–Trinajstić information content (AvgIpc) is 2.61. The first-order valence-electron chi connectivity index (χ1n) is 8.16. The molecule has 0 atom stereocenters. The summed E-state index contributed by atoms with van der Waals surface area (Å²) < 4.78 is 13.4. The largest absolute Gasteiger partial charge is 0.478 e. The van der Waals surface area contributed by atoms with Crippen molar-refractivity contribution in [3.05, 3.63) is 65.5 Å². The number of carboxylic acids is 1. The Morgan fingerprint density at radius 2 is 1.77 bits per heavy atom. The van der Waals surface area contributed by atoms with Crippen molar-refractivity contribution in [1.82, 2.24) is 4.98 Å². The highest BCUT2D eigenvalue weighted by Crippen LogP contribution is 2.37. The SMILES string of the molecule is C/C(=C\c1c(N(C)C)nc2ccccc2c1-c1ccc(F)cc1)C(=O)O. The maximum Gasteiger partial charge on any atom is 0.331 e. The molecule has 0 aliphatic rings. The van der Waals surface area contributed by atoms with Crippen LogP contribution < -0.4 is 4.90 Å². The summed E-state index contributed by atoms with van der Waals surface area (Å²) >= 11 is 0. The van der Waals surface area contributed by atoms with Gasteiger partial charge in [0.15, 0.2) is 0 Å². The van der Waals surface area contributed by atoms with E-state index in [1.165, 1.54) is 12.1 Å². The van der Waals surface area contributed by atoms with E-state index in [9.17, 15) is 14.3 Å². The van der Waals surface area contributed by atoms with Gasteiger partial charge >= 0.3 is 5.97 Å². The summed E-state index contributed by atoms with van der Waals surface area (Å²) in [4.78, 5) is 17.9. The third-order valence-electron chi connectivity index (χ3n) is 4.16. The number of carbonyl (C=O) groups is 1. The van der Waals surface area contributed by atoms with E-state index >= 15 is 0 Å². The summed E-state index contributed by atoms with van der Waals surface area (Å²) in [5, 5.41) is 10.2. The van der Waals surface area contributed by atoms with Crippen LogP contribution in [0.3, 0.4) is 0 Å². The molecule has 0 radical (unpaired) electrons. The Balaban J connectivity index is 2.46. The molecule has 0 aliphatic heterocycles. The Kier molecular flexibility index (Phi) is 4.71. The topological polar surface area (TPSA) is 53.4 Å². The van der Waals surface area contributed by atoms with Crippen LogP contribution in [0.15, 0.2) is 54.1 Å². The molecule has 132 valence electrons. The zero-order chi connectivity index (χ0) is 18.8. The molecule has 0 unspecified atom stereocenters. The van der Waals surface area contributed by atoms with Crippen molar-refractivity contribution in [2.24, 2.45) is 0 Å². The number of benzene rings is 2. The highest BCUT2D eigenvalue weighted by atomic mass is 19.1. The van der Waals surface area contributed by atoms with E-state index in [2.05, 4.69) is 0 Å². The predicted octanol–water partition coefficient (Wildman–Crippen LogP) is 4.59. The second kappa shape index (κ2) is 6.96. The first-order valence-corrected chi connectivity index (χ1v) is 8.16. The fourth-order valence-corrected chi connectivity index (χ4v) is 2.90. The summed E-state index contributed by atoms with van der Waals surface area (Å²) in [6.07, 6.45) is 1.62. The fourth-order valence-electron chi connectivity index (χ4n) is 2.90. The molecule has 1 heterocycles. The molecule has 0 aliphatic carbocycles. The predicted molar refractivity (Wildman–Crippen MR) is 103 cm³/mol. The van der Waals surface area contributed by atoms with E-state index in [1.54, 1.807) is 25.1 Å². The summed E-state index contributed by atoms with van der Waals surface area (Å²) in [6, 6.07) is 13.9. The maximum absolute atomic E-state index is 13.4. The molecule has 0 bridgehead atoms. The number of rotatable bonds is 4. The molecule has 0 spiro atoms. The molecular weight excluding hydrogens is 331 g/mol. The van der Waals surface area contributed by atoms with Crippen LogP contribution in [0.1, 0.15) is 12.5 Å². The van der Waals surface area contributed by atoms with E-state index in [0.29, 0.717) is 11.4 Å². The molecule has 0 amide bonds. The Bertz CT molecular complexity index is 1010. The van der Waals surface area contributed by atoms with Gasteiger partial charge in [-0.2, -0.15) is 0 Å². The van der Waals surface area contributed by atoms with E-state index in [-0.39, 0.29) is 11.4 Å². The van der Waals surface area contributed by atoms with Gasteiger partial charge in [0.2, 0.25) is 0 Å². The number of hydrogen-bond acceptors (Lipinski definition) is 3. The zero-order valence-corrected chi connectivity index (χ0v) is 14.8. The van der Waals surface area contributed by atoms with Crippen LogP contribution in [0.2, 0.25) is 0 Å². The molecule has 1 N–H and O–H groups in total. The Hall–Kier alpha value is -3.21. The van der Waals surface area contributed by atoms with Crippen molar-refractivity contribution < 1.29 is 14.3 Å². The van der Waals surface area contributed by atoms with Crippen molar-refractivity contribution in [3.8, 4) is 11.1 Å². The monoisotopic (exact) mass is 350 g/mol. The first-order chi connectivity index (χ1) is 12.4. The zero-order valence-electron chi connectivity index (χ0n) is 14.8. The Labute approximate surface area is 151 Å². The van der Waals surface area contributed by atoms with E-state index in [4.69, 9.17) is 4.98 Å². The molecule has 3 aromatic rings. The normalized spacial score (nSPS) is 11.6. The molecule has 26 heavy (non-hydrogen) atoms. The number of pyridine rings is 1. The molecule has 0 saturated carbocycles. The number of carboxylic acid groups (broad SMARTS) is 1. The van der Waals surface area contributed by atoms with Crippen molar-refractivity contribution in [1.29, 1.82) is 0 Å². The number of fused-ring (bicyclic) bond motifs is 1. The van der Waals surface area contributed by atoms with Crippen LogP contribution >= 0.6 is 0 Å². The van der Waals surface area contributed by atoms with Crippen molar-refractivity contribution >= 4 is 28.8 Å². The van der Waals surface area contributed by atoms with Crippen LogP contribution in [0, 0.1) is 5.82 Å². The van der Waals surface area contributed by atoms with Gasteiger partial charge in [-0.1, -0.05) is 30.3 Å². The quantitative estimate of drug-likeness (QED) is 0.699. The second-order valence-corrected chi connectivity index (χ2v) is 6.28. The molecule has 2 aromatic carbocycles. The van der Waals surface area contributed by atoms with E-state index < -0.39 is 5.97 Å². The van der Waals surface area contributed by atoms with Gasteiger partial charge in [0.25, 0.3) is 0 Å². The van der Waals surface area contributed by atoms with Crippen LogP contribution in [0.4, 0.5) is 10.2 Å². The number of aromatic nitrogens is 1. The smallest absolute Gasteiger partial charge is 0.331 e. The Morgan fingerprint density at radius 1 is 1.12 bits per heavy atom. The third kappa shape index (κ3) is 3.28. The van der Waals surface area contributed by atoms with E-state index in [0.717, 1.165) is 22.0 Å². The van der Waals surface area contributed by atoms with Gasteiger partial charge in [0.1, 0.15) is 11.6 Å². The summed E-state index contributed by atoms with van der Waals surface area (Å²) in [7, 11) is 3.72. The lowest BCUT2D eigenvalue weighted by Crippen LogP contribution is -2.13. The second-order valence-electron chi connectivity index (χ2n) is 6.28. The van der Waals surface area contributed by atoms with Gasteiger partial charge in [-0.05, 0) is 36.8 Å². The lowest BCUT2D eigenvalue weighted by Gasteiger charge is -2.20. The minimum Gasteiger partial charge on any atom is -0.478 e. The standard InChI is InChI=1S/C21H19FN2O2/c1-13(21(25)26)12-17-19(14-8-10-15(22)11-9-14)16-6-4-5-7-18(16)23-20(17)24(2)3/h4-12H,1-3H3,(H,25,26)/b13-12+. The minimum atomic E-state index is -0.993. The molecule has 0 saturated heterocycles. The highest BCUT2D eigenvalue weighted by Gasteiger charge is 2.17. The number of anilines is 1. The number of nitrogens with zero attached hydrogens (tertiary/aromatic N) is 2. The van der Waals surface area contributed by atoms with Crippen molar-refractivity contribution in [2.45, 2.75) is 6.92 Å². The summed E-state index contributed by atoms with van der Waals surface area (Å²) in [5.74, 6) is -0.657. The Morgan fingerprint density at radius 3 is 2.38 bits per heavy atom. The van der Waals surface area contributed by atoms with Gasteiger partial charge in [0.05, 0.1) is 5.52 Å². The van der Waals surface area contributed by atoms with Gasteiger partial charge < -0.3 is 10.0 Å². The van der Waals surface area contributed by atoms with Gasteiger partial charge in [-0.3, -0.25) is 0 Å². The molecule has 0 fully saturated rings. The maximum atomic E-state index is 13.4. The van der Waals surface area contributed by atoms with Crippen LogP contribution in [0.5, 0.6) is 0 Å². The molecule has 5 heteroatoms. The van der Waals surface area contributed by atoms with Crippen LogP contribution in [-0.2, 0) is 4.79 Å². The van der Waals surface area contributed by atoms with Crippen molar-refractivity contribution in [3.63, 3.8) is 0 Å². The number of aliphatic carboxylic acids is 1. The molecular formula is C21H19FN2O2. The fraction of sp³-hybridized carbons (Fsp3) is 0.143. The van der Waals surface area contributed by atoms with E-state index in [1.807, 2.05) is 43.3 Å². The van der Waals surface area contributed by atoms with Gasteiger partial charge in [0, 0.05) is 36.2 Å². The van der Waals surface area contributed by atoms with Crippen LogP contribution in [0.25, 0.3) is 28.1 Å². The van der Waals surface area contributed by atoms with Crippen LogP contribution in [-0.4, -0.2) is 30.2 Å². The third-order valence-corrected chi connectivity index (χ3v) is 4.16. The molecule has 3 rings (SSSR count). The lowest BCUT2D eigenvalue weighted by molar-refractivity contribution is -0.132.